The summed E-state index contributed by atoms with van der Waals surface area (Å²) in [6.45, 7) is 10.6. The van der Waals surface area contributed by atoms with E-state index < -0.39 is 23.4 Å². The number of carbonyl (C=O) groups excluding carboxylic acids is 3. The summed E-state index contributed by atoms with van der Waals surface area (Å²) in [5, 5.41) is 5.95. The second-order valence-electron chi connectivity index (χ2n) is 8.01. The molecule has 0 unspecified atom stereocenters. The molecular weight excluding hydrogens is 368 g/mol. The first-order chi connectivity index (χ1) is 12.7. The standard InChI is InChI=1S/C18H34N4O6/c1-17(2,3)27-15(24)20-14(21-16(25)28-18(4,5)6)19-12-10-9-11-13(23)22(7)26-8/h9-12H2,1-8H3,(H2,19,20,21,24,25). The lowest BCUT2D eigenvalue weighted by molar-refractivity contribution is -0.168. The van der Waals surface area contributed by atoms with E-state index in [9.17, 15) is 14.4 Å². The largest absolute Gasteiger partial charge is 0.444 e. The smallest absolute Gasteiger partial charge is 0.414 e. The Labute approximate surface area is 166 Å². The molecule has 10 heteroatoms. The lowest BCUT2D eigenvalue weighted by Crippen LogP contribution is -2.47. The number of aliphatic imine (C=N–C) groups is 1. The number of carbonyl (C=O) groups is 3. The normalized spacial score (nSPS) is 11.3. The third-order valence-corrected chi connectivity index (χ3v) is 2.93. The van der Waals surface area contributed by atoms with E-state index in [0.717, 1.165) is 5.06 Å². The SMILES string of the molecule is CON(C)C(=O)CCCCN=C(NC(=O)OC(C)(C)C)NC(=O)OC(C)(C)C. The number of nitrogens with one attached hydrogen (secondary N) is 2. The first kappa shape index (κ1) is 25.6. The molecule has 0 rings (SSSR count). The van der Waals surface area contributed by atoms with Crippen LogP contribution >= 0.6 is 0 Å². The minimum atomic E-state index is -0.751. The molecule has 28 heavy (non-hydrogen) atoms. The van der Waals surface area contributed by atoms with Crippen LogP contribution in [-0.2, 0) is 19.1 Å². The predicted molar refractivity (Wildman–Crippen MR) is 105 cm³/mol. The fourth-order valence-electron chi connectivity index (χ4n) is 1.75. The van der Waals surface area contributed by atoms with Crippen LogP contribution in [0.5, 0.6) is 0 Å². The fraction of sp³-hybridized carbons (Fsp3) is 0.778. The Morgan fingerprint density at radius 2 is 1.36 bits per heavy atom. The van der Waals surface area contributed by atoms with Crippen LogP contribution in [0.1, 0.15) is 60.8 Å². The molecule has 0 fully saturated rings. The van der Waals surface area contributed by atoms with Crippen LogP contribution in [0.4, 0.5) is 9.59 Å². The Morgan fingerprint density at radius 1 is 0.893 bits per heavy atom. The quantitative estimate of drug-likeness (QED) is 0.305. The molecule has 0 atom stereocenters. The number of hydroxylamine groups is 2. The Bertz CT molecular complexity index is 531. The van der Waals surface area contributed by atoms with E-state index >= 15 is 0 Å². The number of nitrogens with zero attached hydrogens (tertiary/aromatic N) is 2. The highest BCUT2D eigenvalue weighted by Gasteiger charge is 2.21. The summed E-state index contributed by atoms with van der Waals surface area (Å²) in [6.07, 6.45) is -0.0618. The van der Waals surface area contributed by atoms with Crippen molar-refractivity contribution in [1.29, 1.82) is 0 Å². The Hall–Kier alpha value is -2.36. The van der Waals surface area contributed by atoms with E-state index in [1.54, 1.807) is 41.5 Å². The summed E-state index contributed by atoms with van der Waals surface area (Å²) in [7, 11) is 2.95. The number of hydrogen-bond donors (Lipinski definition) is 2. The second-order valence-corrected chi connectivity index (χ2v) is 8.01. The van der Waals surface area contributed by atoms with Crippen molar-refractivity contribution < 1.29 is 28.7 Å². The van der Waals surface area contributed by atoms with Gasteiger partial charge >= 0.3 is 12.2 Å². The molecule has 0 aromatic rings. The third kappa shape index (κ3) is 13.8. The second kappa shape index (κ2) is 11.5. The molecule has 10 nitrogen and oxygen atoms in total. The van der Waals surface area contributed by atoms with E-state index in [1.807, 2.05) is 0 Å². The van der Waals surface area contributed by atoms with Crippen LogP contribution in [0.15, 0.2) is 4.99 Å². The fourth-order valence-corrected chi connectivity index (χ4v) is 1.75. The van der Waals surface area contributed by atoms with Gasteiger partial charge in [0, 0.05) is 20.0 Å². The number of alkyl carbamates (subject to hydrolysis) is 2. The zero-order valence-corrected chi connectivity index (χ0v) is 18.2. The van der Waals surface area contributed by atoms with E-state index in [2.05, 4.69) is 15.6 Å². The molecule has 0 aliphatic rings. The summed E-state index contributed by atoms with van der Waals surface area (Å²) in [5.74, 6) is -0.228. The van der Waals surface area contributed by atoms with Gasteiger partial charge in [-0.15, -0.1) is 0 Å². The lowest BCUT2D eigenvalue weighted by atomic mass is 10.2. The van der Waals surface area contributed by atoms with Crippen molar-refractivity contribution in [1.82, 2.24) is 15.7 Å². The number of unbranched alkanes of at least 4 members (excludes halogenated alkanes) is 1. The number of rotatable bonds is 6. The molecule has 0 saturated carbocycles. The van der Waals surface area contributed by atoms with Gasteiger partial charge in [0.1, 0.15) is 11.2 Å². The molecule has 3 amide bonds. The molecule has 0 aliphatic carbocycles. The minimum Gasteiger partial charge on any atom is -0.444 e. The van der Waals surface area contributed by atoms with Gasteiger partial charge in [-0.05, 0) is 54.4 Å². The molecular formula is C18H34N4O6. The highest BCUT2D eigenvalue weighted by atomic mass is 16.7. The molecule has 0 saturated heterocycles. The van der Waals surface area contributed by atoms with Crippen LogP contribution in [0, 0.1) is 0 Å². The van der Waals surface area contributed by atoms with Gasteiger partial charge in [-0.25, -0.2) is 14.7 Å². The van der Waals surface area contributed by atoms with Gasteiger partial charge in [0.2, 0.25) is 11.9 Å². The average molecular weight is 402 g/mol. The average Bonchev–Trinajstić information content (AvgIpc) is 2.49. The number of guanidine groups is 1. The maximum Gasteiger partial charge on any atom is 0.414 e. The summed E-state index contributed by atoms with van der Waals surface area (Å²) in [6, 6.07) is 0. The van der Waals surface area contributed by atoms with Crippen molar-refractivity contribution >= 4 is 24.1 Å². The van der Waals surface area contributed by atoms with Crippen molar-refractivity contribution in [2.75, 3.05) is 20.7 Å². The molecule has 162 valence electrons. The molecule has 2 N–H and O–H groups in total. The molecule has 0 aliphatic heterocycles. The maximum absolute atomic E-state index is 12.0. The van der Waals surface area contributed by atoms with Crippen molar-refractivity contribution in [3.8, 4) is 0 Å². The van der Waals surface area contributed by atoms with Crippen LogP contribution in [0.25, 0.3) is 0 Å². The van der Waals surface area contributed by atoms with E-state index in [1.165, 1.54) is 14.2 Å². The first-order valence-electron chi connectivity index (χ1n) is 9.08. The summed E-state index contributed by atoms with van der Waals surface area (Å²) >= 11 is 0. The van der Waals surface area contributed by atoms with Crippen molar-refractivity contribution in [3.05, 3.63) is 0 Å². The van der Waals surface area contributed by atoms with Gasteiger partial charge in [0.15, 0.2) is 0 Å². The zero-order valence-electron chi connectivity index (χ0n) is 18.2. The summed E-state index contributed by atoms with van der Waals surface area (Å²) < 4.78 is 10.3. The van der Waals surface area contributed by atoms with Gasteiger partial charge < -0.3 is 9.47 Å². The van der Waals surface area contributed by atoms with Crippen molar-refractivity contribution in [2.24, 2.45) is 4.99 Å². The third-order valence-electron chi connectivity index (χ3n) is 2.93. The monoisotopic (exact) mass is 402 g/mol. The molecule has 0 aromatic carbocycles. The van der Waals surface area contributed by atoms with Crippen molar-refractivity contribution in [3.63, 3.8) is 0 Å². The van der Waals surface area contributed by atoms with Gasteiger partial charge in [-0.1, -0.05) is 0 Å². The van der Waals surface area contributed by atoms with E-state index in [0.29, 0.717) is 19.3 Å². The Balaban J connectivity index is 4.78. The highest BCUT2D eigenvalue weighted by molar-refractivity contribution is 6.01. The van der Waals surface area contributed by atoms with Gasteiger partial charge in [-0.2, -0.15) is 0 Å². The van der Waals surface area contributed by atoms with E-state index in [4.69, 9.17) is 14.3 Å². The number of hydrogen-bond acceptors (Lipinski definition) is 7. The molecule has 0 heterocycles. The molecule has 0 bridgehead atoms. The van der Waals surface area contributed by atoms with Crippen molar-refractivity contribution in [2.45, 2.75) is 72.0 Å². The van der Waals surface area contributed by atoms with Crippen LogP contribution in [0.2, 0.25) is 0 Å². The lowest BCUT2D eigenvalue weighted by Gasteiger charge is -2.22. The number of ether oxygens (including phenoxy) is 2. The van der Waals surface area contributed by atoms with Crippen LogP contribution in [-0.4, -0.2) is 61.0 Å². The van der Waals surface area contributed by atoms with Gasteiger partial charge in [0.25, 0.3) is 0 Å². The van der Waals surface area contributed by atoms with E-state index in [-0.39, 0.29) is 18.4 Å². The summed E-state index contributed by atoms with van der Waals surface area (Å²) in [4.78, 5) is 44.5. The summed E-state index contributed by atoms with van der Waals surface area (Å²) in [5.41, 5.74) is -1.40. The maximum atomic E-state index is 12.0. The first-order valence-corrected chi connectivity index (χ1v) is 9.08. The molecule has 0 spiro atoms. The molecule has 0 radical (unpaired) electrons. The molecule has 0 aromatic heterocycles. The highest BCUT2D eigenvalue weighted by Crippen LogP contribution is 2.08. The zero-order chi connectivity index (χ0) is 22.0. The Morgan fingerprint density at radius 3 is 1.75 bits per heavy atom. The minimum absolute atomic E-state index is 0.0798. The number of amides is 3. The van der Waals surface area contributed by atoms with Gasteiger partial charge in [0.05, 0.1) is 7.11 Å². The predicted octanol–water partition coefficient (Wildman–Crippen LogP) is 2.58. The van der Waals surface area contributed by atoms with Crippen LogP contribution < -0.4 is 10.6 Å². The van der Waals surface area contributed by atoms with Gasteiger partial charge in [-0.3, -0.25) is 25.3 Å². The topological polar surface area (TPSA) is 119 Å². The Kier molecular flexibility index (Phi) is 10.5. The van der Waals surface area contributed by atoms with Crippen LogP contribution in [0.3, 0.4) is 0 Å².